The lowest BCUT2D eigenvalue weighted by Crippen LogP contribution is -2.46. The Morgan fingerprint density at radius 3 is 2.44 bits per heavy atom. The highest BCUT2D eigenvalue weighted by molar-refractivity contribution is 5.85. The van der Waals surface area contributed by atoms with E-state index in [1.54, 1.807) is 0 Å². The molecule has 0 bridgehead atoms. The monoisotopic (exact) mass is 227 g/mol. The van der Waals surface area contributed by atoms with Crippen LogP contribution in [-0.2, 0) is 9.53 Å². The maximum absolute atomic E-state index is 11.6. The molecule has 0 unspecified atom stereocenters. The van der Waals surface area contributed by atoms with Crippen LogP contribution in [0.25, 0.3) is 0 Å². The molecule has 0 aromatic carbocycles. The number of rotatable bonds is 1. The van der Waals surface area contributed by atoms with Gasteiger partial charge in [-0.3, -0.25) is 4.79 Å². The van der Waals surface area contributed by atoms with Gasteiger partial charge in [0.1, 0.15) is 11.4 Å². The molecule has 0 saturated heterocycles. The number of carbonyl (C=O) groups excluding carboxylic acids is 2. The first-order valence-corrected chi connectivity index (χ1v) is 5.65. The summed E-state index contributed by atoms with van der Waals surface area (Å²) in [6, 6.07) is 0. The largest absolute Gasteiger partial charge is 0.444 e. The summed E-state index contributed by atoms with van der Waals surface area (Å²) >= 11 is 0. The van der Waals surface area contributed by atoms with Gasteiger partial charge in [0.25, 0.3) is 0 Å². The molecular formula is C12H21NO3. The van der Waals surface area contributed by atoms with Gasteiger partial charge in [0.05, 0.1) is 0 Å². The third kappa shape index (κ3) is 3.51. The second-order valence-electron chi connectivity index (χ2n) is 5.94. The summed E-state index contributed by atoms with van der Waals surface area (Å²) in [6.07, 6.45) is 0.635. The molecular weight excluding hydrogens is 206 g/mol. The third-order valence-electron chi connectivity index (χ3n) is 2.67. The van der Waals surface area contributed by atoms with Crippen LogP contribution in [0, 0.1) is 5.92 Å². The Morgan fingerprint density at radius 1 is 1.50 bits per heavy atom. The molecule has 1 N–H and O–H groups in total. The Hall–Kier alpha value is -1.06. The van der Waals surface area contributed by atoms with Crippen LogP contribution in [0.1, 0.15) is 47.5 Å². The highest BCUT2D eigenvalue weighted by atomic mass is 16.6. The van der Waals surface area contributed by atoms with Gasteiger partial charge in [0.15, 0.2) is 0 Å². The standard InChI is InChI=1S/C12H21NO3/c1-8-6-12(5,7-9(8)14)13-10(15)16-11(2,3)4/h8H,6-7H2,1-5H3,(H,13,15)/t8-,12-/m0/s1. The van der Waals surface area contributed by atoms with Crippen molar-refractivity contribution in [2.24, 2.45) is 5.92 Å². The number of Topliss-reactive ketones (excluding diaryl/α,β-unsaturated/α-hetero) is 1. The number of hydrogen-bond acceptors (Lipinski definition) is 3. The molecule has 1 amide bonds. The number of nitrogens with one attached hydrogen (secondary N) is 1. The first-order chi connectivity index (χ1) is 7.11. The lowest BCUT2D eigenvalue weighted by atomic mass is 9.99. The van der Waals surface area contributed by atoms with Gasteiger partial charge in [-0.2, -0.15) is 0 Å². The minimum Gasteiger partial charge on any atom is -0.444 e. The van der Waals surface area contributed by atoms with E-state index < -0.39 is 17.2 Å². The number of ether oxygens (including phenoxy) is 1. The van der Waals surface area contributed by atoms with Crippen molar-refractivity contribution in [2.45, 2.75) is 58.6 Å². The second-order valence-corrected chi connectivity index (χ2v) is 5.94. The quantitative estimate of drug-likeness (QED) is 0.747. The zero-order valence-corrected chi connectivity index (χ0v) is 10.7. The molecule has 2 atom stereocenters. The molecule has 1 saturated carbocycles. The number of amides is 1. The normalized spacial score (nSPS) is 30.3. The van der Waals surface area contributed by atoms with Crippen molar-refractivity contribution in [2.75, 3.05) is 0 Å². The topological polar surface area (TPSA) is 55.4 Å². The smallest absolute Gasteiger partial charge is 0.408 e. The molecule has 92 valence electrons. The van der Waals surface area contributed by atoms with Crippen LogP contribution < -0.4 is 5.32 Å². The molecule has 1 fully saturated rings. The fourth-order valence-corrected chi connectivity index (χ4v) is 2.07. The van der Waals surface area contributed by atoms with Crippen molar-refractivity contribution in [3.05, 3.63) is 0 Å². The van der Waals surface area contributed by atoms with Crippen molar-refractivity contribution in [1.82, 2.24) is 5.32 Å². The van der Waals surface area contributed by atoms with E-state index in [9.17, 15) is 9.59 Å². The summed E-state index contributed by atoms with van der Waals surface area (Å²) in [5.74, 6) is 0.235. The van der Waals surface area contributed by atoms with Gasteiger partial charge in [-0.1, -0.05) is 6.92 Å². The summed E-state index contributed by atoms with van der Waals surface area (Å²) in [6.45, 7) is 9.23. The summed E-state index contributed by atoms with van der Waals surface area (Å²) < 4.78 is 5.17. The van der Waals surface area contributed by atoms with E-state index in [0.29, 0.717) is 12.8 Å². The average Bonchev–Trinajstić information content (AvgIpc) is 2.19. The van der Waals surface area contributed by atoms with E-state index in [0.717, 1.165) is 0 Å². The number of ketones is 1. The van der Waals surface area contributed by atoms with Gasteiger partial charge in [-0.05, 0) is 34.1 Å². The van der Waals surface area contributed by atoms with Gasteiger partial charge >= 0.3 is 6.09 Å². The molecule has 4 nitrogen and oxygen atoms in total. The first-order valence-electron chi connectivity index (χ1n) is 5.65. The zero-order chi connectivity index (χ0) is 12.6. The van der Waals surface area contributed by atoms with E-state index in [2.05, 4.69) is 5.32 Å². The third-order valence-corrected chi connectivity index (χ3v) is 2.67. The second kappa shape index (κ2) is 4.07. The Balaban J connectivity index is 2.55. The Morgan fingerprint density at radius 2 is 2.06 bits per heavy atom. The SMILES string of the molecule is C[C@H]1C[C@](C)(NC(=O)OC(C)(C)C)CC1=O. The lowest BCUT2D eigenvalue weighted by molar-refractivity contribution is -0.120. The summed E-state index contributed by atoms with van der Waals surface area (Å²) in [7, 11) is 0. The van der Waals surface area contributed by atoms with Crippen LogP contribution in [0.3, 0.4) is 0 Å². The van der Waals surface area contributed by atoms with Crippen LogP contribution in [-0.4, -0.2) is 23.0 Å². The fourth-order valence-electron chi connectivity index (χ4n) is 2.07. The molecule has 0 aromatic heterocycles. The van der Waals surface area contributed by atoms with E-state index in [1.807, 2.05) is 34.6 Å². The molecule has 1 aliphatic rings. The maximum atomic E-state index is 11.6. The van der Waals surface area contributed by atoms with Crippen molar-refractivity contribution in [3.8, 4) is 0 Å². The number of hydrogen-bond donors (Lipinski definition) is 1. The van der Waals surface area contributed by atoms with E-state index in [1.165, 1.54) is 0 Å². The summed E-state index contributed by atoms with van der Waals surface area (Å²) in [4.78, 5) is 23.1. The molecule has 0 aliphatic heterocycles. The minimum atomic E-state index is -0.505. The van der Waals surface area contributed by atoms with E-state index in [4.69, 9.17) is 4.74 Å². The van der Waals surface area contributed by atoms with Crippen LogP contribution >= 0.6 is 0 Å². The highest BCUT2D eigenvalue weighted by Crippen LogP contribution is 2.31. The van der Waals surface area contributed by atoms with Crippen molar-refractivity contribution >= 4 is 11.9 Å². The van der Waals surface area contributed by atoms with Crippen molar-refractivity contribution in [1.29, 1.82) is 0 Å². The minimum absolute atomic E-state index is 0.0277. The van der Waals surface area contributed by atoms with Crippen molar-refractivity contribution < 1.29 is 14.3 Å². The predicted octanol–water partition coefficient (Wildman–Crippen LogP) is 2.27. The molecule has 1 rings (SSSR count). The van der Waals surface area contributed by atoms with Crippen molar-refractivity contribution in [3.63, 3.8) is 0 Å². The Bertz CT molecular complexity index is 306. The zero-order valence-electron chi connectivity index (χ0n) is 10.7. The number of alkyl carbamates (subject to hydrolysis) is 1. The average molecular weight is 227 g/mol. The molecule has 0 spiro atoms. The highest BCUT2D eigenvalue weighted by Gasteiger charge is 2.40. The molecule has 4 heteroatoms. The number of carbonyl (C=O) groups is 2. The predicted molar refractivity (Wildman–Crippen MR) is 61.2 cm³/mol. The summed E-state index contributed by atoms with van der Waals surface area (Å²) in [5.41, 5.74) is -0.951. The first kappa shape index (κ1) is 13.0. The maximum Gasteiger partial charge on any atom is 0.408 e. The van der Waals surface area contributed by atoms with E-state index in [-0.39, 0.29) is 11.7 Å². The van der Waals surface area contributed by atoms with Crippen LogP contribution in [0.2, 0.25) is 0 Å². The van der Waals surface area contributed by atoms with E-state index >= 15 is 0 Å². The molecule has 1 aliphatic carbocycles. The van der Waals surface area contributed by atoms with Crippen LogP contribution in [0.4, 0.5) is 4.79 Å². The summed E-state index contributed by atoms with van der Waals surface area (Å²) in [5, 5.41) is 2.79. The fraction of sp³-hybridized carbons (Fsp3) is 0.833. The van der Waals surface area contributed by atoms with Gasteiger partial charge in [0.2, 0.25) is 0 Å². The van der Waals surface area contributed by atoms with Crippen LogP contribution in [0.5, 0.6) is 0 Å². The Kier molecular flexibility index (Phi) is 3.31. The van der Waals surface area contributed by atoms with Gasteiger partial charge < -0.3 is 10.1 Å². The molecule has 0 radical (unpaired) electrons. The van der Waals surface area contributed by atoms with Gasteiger partial charge in [0, 0.05) is 17.9 Å². The van der Waals surface area contributed by atoms with Crippen LogP contribution in [0.15, 0.2) is 0 Å². The van der Waals surface area contributed by atoms with Gasteiger partial charge in [-0.15, -0.1) is 0 Å². The molecule has 16 heavy (non-hydrogen) atoms. The van der Waals surface area contributed by atoms with Gasteiger partial charge in [-0.25, -0.2) is 4.79 Å². The Labute approximate surface area is 96.7 Å². The lowest BCUT2D eigenvalue weighted by Gasteiger charge is -2.27. The molecule has 0 heterocycles. The molecule has 0 aromatic rings.